The number of hydrogen-bond acceptors (Lipinski definition) is 3. The molecule has 0 saturated carbocycles. The molecule has 2 heterocycles. The van der Waals surface area contributed by atoms with Crippen LogP contribution in [0.4, 0.5) is 0 Å². The van der Waals surface area contributed by atoms with Gasteiger partial charge in [0.2, 0.25) is 11.1 Å². The van der Waals surface area contributed by atoms with E-state index in [1.807, 2.05) is 0 Å². The Morgan fingerprint density at radius 3 is 2.92 bits per heavy atom. The van der Waals surface area contributed by atoms with Crippen LogP contribution in [0.3, 0.4) is 0 Å². The van der Waals surface area contributed by atoms with E-state index in [0.717, 1.165) is 10.8 Å². The molecule has 66 valence electrons. The monoisotopic (exact) mass is 194 g/mol. The molecule has 2 aromatic rings. The number of nitrogens with zero attached hydrogens (tertiary/aromatic N) is 2. The summed E-state index contributed by atoms with van der Waals surface area (Å²) in [4.78, 5) is 7.73. The molecule has 2 aromatic heterocycles. The molecule has 0 radical (unpaired) electrons. The van der Waals surface area contributed by atoms with Crippen LogP contribution < -0.4 is 0 Å². The van der Waals surface area contributed by atoms with Gasteiger partial charge in [-0.1, -0.05) is 0 Å². The minimum atomic E-state index is -2.02. The van der Waals surface area contributed by atoms with Gasteiger partial charge >= 0.3 is 0 Å². The molecule has 1 N–H and O–H groups in total. The van der Waals surface area contributed by atoms with Gasteiger partial charge in [-0.05, 0) is 17.5 Å². The van der Waals surface area contributed by atoms with Crippen molar-refractivity contribution in [1.82, 2.24) is 9.97 Å². The van der Waals surface area contributed by atoms with Gasteiger partial charge in [-0.25, -0.2) is 9.19 Å². The highest BCUT2D eigenvalue weighted by atomic mass is 32.2. The summed E-state index contributed by atoms with van der Waals surface area (Å²) in [5, 5.41) is 1.89. The van der Waals surface area contributed by atoms with Crippen molar-refractivity contribution in [1.29, 1.82) is 0 Å². The van der Waals surface area contributed by atoms with Crippen molar-refractivity contribution in [3.05, 3.63) is 30.7 Å². The van der Waals surface area contributed by atoms with Crippen LogP contribution in [0.25, 0.3) is 10.8 Å². The SMILES string of the molecule is O=S(O)c1cc2ccncc2cn1. The number of rotatable bonds is 1. The zero-order valence-electron chi connectivity index (χ0n) is 6.54. The summed E-state index contributed by atoms with van der Waals surface area (Å²) in [6, 6.07) is 3.35. The van der Waals surface area contributed by atoms with E-state index in [0.29, 0.717) is 0 Å². The zero-order valence-corrected chi connectivity index (χ0v) is 7.36. The molecule has 13 heavy (non-hydrogen) atoms. The average molecular weight is 194 g/mol. The van der Waals surface area contributed by atoms with Crippen molar-refractivity contribution in [2.45, 2.75) is 5.03 Å². The first kappa shape index (κ1) is 8.28. The Morgan fingerprint density at radius 1 is 1.31 bits per heavy atom. The zero-order chi connectivity index (χ0) is 9.26. The molecule has 0 aliphatic heterocycles. The Labute approximate surface area is 76.9 Å². The van der Waals surface area contributed by atoms with E-state index in [-0.39, 0.29) is 5.03 Å². The second-order valence-electron chi connectivity index (χ2n) is 2.49. The van der Waals surface area contributed by atoms with E-state index >= 15 is 0 Å². The molecule has 0 fully saturated rings. The first-order chi connectivity index (χ1) is 6.27. The van der Waals surface area contributed by atoms with Gasteiger partial charge in [0.05, 0.1) is 0 Å². The van der Waals surface area contributed by atoms with E-state index < -0.39 is 11.1 Å². The highest BCUT2D eigenvalue weighted by Gasteiger charge is 2.01. The molecule has 0 amide bonds. The van der Waals surface area contributed by atoms with Gasteiger partial charge < -0.3 is 4.55 Å². The predicted molar refractivity (Wildman–Crippen MR) is 48.6 cm³/mol. The van der Waals surface area contributed by atoms with Crippen molar-refractivity contribution in [2.24, 2.45) is 0 Å². The molecule has 1 atom stereocenters. The highest BCUT2D eigenvalue weighted by Crippen LogP contribution is 2.13. The molecule has 2 rings (SSSR count). The molecule has 4 nitrogen and oxygen atoms in total. The van der Waals surface area contributed by atoms with E-state index in [4.69, 9.17) is 4.55 Å². The molecule has 0 aromatic carbocycles. The summed E-state index contributed by atoms with van der Waals surface area (Å²) in [5.74, 6) is 0. The van der Waals surface area contributed by atoms with Crippen LogP contribution in [-0.4, -0.2) is 18.7 Å². The van der Waals surface area contributed by atoms with Gasteiger partial charge in [-0.3, -0.25) is 4.98 Å². The van der Waals surface area contributed by atoms with Crippen LogP contribution in [0, 0.1) is 0 Å². The third kappa shape index (κ3) is 1.56. The Morgan fingerprint density at radius 2 is 2.15 bits per heavy atom. The Hall–Kier alpha value is -1.33. The lowest BCUT2D eigenvalue weighted by Gasteiger charge is -1.97. The summed E-state index contributed by atoms with van der Waals surface area (Å²) >= 11 is -2.02. The maximum atomic E-state index is 10.7. The molecular weight excluding hydrogens is 188 g/mol. The number of aromatic nitrogens is 2. The maximum absolute atomic E-state index is 10.7. The molecule has 0 spiro atoms. The predicted octanol–water partition coefficient (Wildman–Crippen LogP) is 1.21. The Bertz CT molecular complexity index is 472. The van der Waals surface area contributed by atoms with Crippen molar-refractivity contribution in [2.75, 3.05) is 0 Å². The van der Waals surface area contributed by atoms with Crippen LogP contribution in [0.15, 0.2) is 35.7 Å². The molecule has 0 aliphatic rings. The van der Waals surface area contributed by atoms with Crippen LogP contribution in [0.5, 0.6) is 0 Å². The van der Waals surface area contributed by atoms with Gasteiger partial charge in [0.15, 0.2) is 5.03 Å². The lowest BCUT2D eigenvalue weighted by molar-refractivity contribution is 0.560. The quantitative estimate of drug-likeness (QED) is 0.693. The molecule has 5 heteroatoms. The van der Waals surface area contributed by atoms with E-state index in [1.165, 1.54) is 6.20 Å². The molecular formula is C8H6N2O2S. The second-order valence-corrected chi connectivity index (χ2v) is 3.41. The molecule has 0 aliphatic carbocycles. The number of hydrogen-bond donors (Lipinski definition) is 1. The fourth-order valence-corrected chi connectivity index (χ4v) is 1.43. The third-order valence-corrected chi connectivity index (χ3v) is 2.26. The van der Waals surface area contributed by atoms with Crippen LogP contribution in [0.1, 0.15) is 0 Å². The van der Waals surface area contributed by atoms with Crippen molar-refractivity contribution >= 4 is 21.9 Å². The normalized spacial score (nSPS) is 13.0. The smallest absolute Gasteiger partial charge is 0.205 e. The molecule has 0 saturated heterocycles. The van der Waals surface area contributed by atoms with Crippen LogP contribution >= 0.6 is 0 Å². The van der Waals surface area contributed by atoms with Gasteiger partial charge in [-0.15, -0.1) is 0 Å². The largest absolute Gasteiger partial charge is 0.301 e. The average Bonchev–Trinajstić information content (AvgIpc) is 2.17. The lowest BCUT2D eigenvalue weighted by Crippen LogP contribution is -1.92. The van der Waals surface area contributed by atoms with E-state index in [1.54, 1.807) is 24.5 Å². The first-order valence-corrected chi connectivity index (χ1v) is 4.69. The number of pyridine rings is 2. The summed E-state index contributed by atoms with van der Waals surface area (Å²) in [6.07, 6.45) is 4.82. The third-order valence-electron chi connectivity index (χ3n) is 1.68. The van der Waals surface area contributed by atoms with Crippen molar-refractivity contribution in [3.63, 3.8) is 0 Å². The Kier molecular flexibility index (Phi) is 2.03. The van der Waals surface area contributed by atoms with Gasteiger partial charge in [0.1, 0.15) is 0 Å². The second kappa shape index (κ2) is 3.20. The first-order valence-electron chi connectivity index (χ1n) is 3.58. The van der Waals surface area contributed by atoms with Gasteiger partial charge in [0.25, 0.3) is 0 Å². The summed E-state index contributed by atoms with van der Waals surface area (Å²) in [5.41, 5.74) is 0. The maximum Gasteiger partial charge on any atom is 0.205 e. The standard InChI is InChI=1S/C8H6N2O2S/c11-13(12)8-3-6-1-2-9-4-7(6)5-10-8/h1-5H,(H,11,12). The minimum Gasteiger partial charge on any atom is -0.301 e. The number of fused-ring (bicyclic) bond motifs is 1. The van der Waals surface area contributed by atoms with Crippen molar-refractivity contribution < 1.29 is 8.76 Å². The van der Waals surface area contributed by atoms with Gasteiger partial charge in [-0.2, -0.15) is 0 Å². The van der Waals surface area contributed by atoms with E-state index in [2.05, 4.69) is 9.97 Å². The Balaban J connectivity index is 2.69. The molecule has 0 bridgehead atoms. The lowest BCUT2D eigenvalue weighted by atomic mass is 10.2. The molecule has 1 unspecified atom stereocenters. The topological polar surface area (TPSA) is 63.1 Å². The fraction of sp³-hybridized carbons (Fsp3) is 0. The minimum absolute atomic E-state index is 0.165. The van der Waals surface area contributed by atoms with Crippen LogP contribution in [-0.2, 0) is 11.1 Å². The summed E-state index contributed by atoms with van der Waals surface area (Å²) < 4.78 is 19.5. The fourth-order valence-electron chi connectivity index (χ4n) is 1.06. The van der Waals surface area contributed by atoms with Crippen molar-refractivity contribution in [3.8, 4) is 0 Å². The van der Waals surface area contributed by atoms with E-state index in [9.17, 15) is 4.21 Å². The van der Waals surface area contributed by atoms with Gasteiger partial charge in [0, 0.05) is 24.0 Å². The van der Waals surface area contributed by atoms with Crippen LogP contribution in [0.2, 0.25) is 0 Å². The summed E-state index contributed by atoms with van der Waals surface area (Å²) in [7, 11) is 0. The summed E-state index contributed by atoms with van der Waals surface area (Å²) in [6.45, 7) is 0. The highest BCUT2D eigenvalue weighted by molar-refractivity contribution is 7.79.